The molecule has 154 valence electrons. The van der Waals surface area contributed by atoms with Crippen LogP contribution in [-0.2, 0) is 14.3 Å². The first-order valence-corrected chi connectivity index (χ1v) is 10.6. The third-order valence-corrected chi connectivity index (χ3v) is 6.38. The summed E-state index contributed by atoms with van der Waals surface area (Å²) in [6.07, 6.45) is 8.02. The second kappa shape index (κ2) is 9.85. The van der Waals surface area contributed by atoms with E-state index in [9.17, 15) is 14.7 Å². The molecule has 1 aliphatic carbocycles. The van der Waals surface area contributed by atoms with Gasteiger partial charge in [0, 0.05) is 38.8 Å². The number of β-amino-alcohol motifs (C(OH)–C–C–N with tert-alkyl or cyclic N) is 1. The molecule has 0 radical (unpaired) electrons. The molecule has 0 aromatic rings. The summed E-state index contributed by atoms with van der Waals surface area (Å²) in [6.45, 7) is 2.46. The van der Waals surface area contributed by atoms with E-state index in [1.807, 2.05) is 4.90 Å². The molecule has 2 heterocycles. The van der Waals surface area contributed by atoms with Gasteiger partial charge in [-0.3, -0.25) is 14.5 Å². The lowest BCUT2D eigenvalue weighted by Crippen LogP contribution is -2.53. The van der Waals surface area contributed by atoms with Crippen molar-refractivity contribution in [2.75, 3.05) is 33.4 Å². The molecule has 2 amide bonds. The fraction of sp³-hybridized carbons (Fsp3) is 0.900. The molecule has 3 rings (SSSR count). The number of amides is 2. The third-order valence-electron chi connectivity index (χ3n) is 6.38. The summed E-state index contributed by atoms with van der Waals surface area (Å²) in [6, 6.07) is 0.324. The van der Waals surface area contributed by atoms with Gasteiger partial charge in [-0.05, 0) is 32.1 Å². The minimum Gasteiger partial charge on any atom is -0.392 e. The summed E-state index contributed by atoms with van der Waals surface area (Å²) in [7, 11) is 1.61. The minimum atomic E-state index is -0.437. The third kappa shape index (κ3) is 5.42. The van der Waals surface area contributed by atoms with Crippen molar-refractivity contribution >= 4 is 11.8 Å². The van der Waals surface area contributed by atoms with Crippen LogP contribution >= 0.6 is 0 Å². The van der Waals surface area contributed by atoms with Gasteiger partial charge in [0.15, 0.2) is 0 Å². The highest BCUT2D eigenvalue weighted by Crippen LogP contribution is 2.27. The Morgan fingerprint density at radius 1 is 1.11 bits per heavy atom. The molecule has 0 aromatic carbocycles. The molecule has 2 aliphatic heterocycles. The van der Waals surface area contributed by atoms with Crippen LogP contribution in [0.2, 0.25) is 0 Å². The fourth-order valence-electron chi connectivity index (χ4n) is 4.84. The topological polar surface area (TPSA) is 82.1 Å². The van der Waals surface area contributed by atoms with Gasteiger partial charge >= 0.3 is 0 Å². The van der Waals surface area contributed by atoms with Crippen molar-refractivity contribution in [3.63, 3.8) is 0 Å². The maximum Gasteiger partial charge on any atom is 0.237 e. The number of methoxy groups -OCH3 is 1. The Bertz CT molecular complexity index is 501. The van der Waals surface area contributed by atoms with E-state index in [1.54, 1.807) is 7.11 Å². The molecule has 2 saturated heterocycles. The van der Waals surface area contributed by atoms with E-state index in [2.05, 4.69) is 10.2 Å². The second-order valence-corrected chi connectivity index (χ2v) is 8.30. The van der Waals surface area contributed by atoms with Crippen LogP contribution in [0.15, 0.2) is 0 Å². The number of nitrogens with zero attached hydrogens (tertiary/aromatic N) is 2. The average Bonchev–Trinajstić information content (AvgIpc) is 3.09. The van der Waals surface area contributed by atoms with Crippen LogP contribution in [0, 0.1) is 0 Å². The molecule has 27 heavy (non-hydrogen) atoms. The molecule has 1 saturated carbocycles. The lowest BCUT2D eigenvalue weighted by molar-refractivity contribution is -0.135. The van der Waals surface area contributed by atoms with E-state index >= 15 is 0 Å². The van der Waals surface area contributed by atoms with Gasteiger partial charge in [-0.15, -0.1) is 0 Å². The number of aliphatic hydroxyl groups is 1. The highest BCUT2D eigenvalue weighted by Gasteiger charge is 2.41. The van der Waals surface area contributed by atoms with E-state index in [4.69, 9.17) is 4.74 Å². The highest BCUT2D eigenvalue weighted by molar-refractivity contribution is 5.82. The fourth-order valence-corrected chi connectivity index (χ4v) is 4.84. The number of nitrogens with one attached hydrogen (secondary N) is 1. The number of piperidine rings is 1. The van der Waals surface area contributed by atoms with Gasteiger partial charge in [-0.25, -0.2) is 0 Å². The van der Waals surface area contributed by atoms with Gasteiger partial charge in [-0.2, -0.15) is 0 Å². The van der Waals surface area contributed by atoms with Crippen molar-refractivity contribution in [2.45, 2.75) is 82.0 Å². The normalized spacial score (nSPS) is 28.4. The molecule has 0 unspecified atom stereocenters. The number of carbonyl (C=O) groups excluding carboxylic acids is 2. The van der Waals surface area contributed by atoms with E-state index in [0.717, 1.165) is 38.8 Å². The van der Waals surface area contributed by atoms with Crippen LogP contribution in [0.1, 0.15) is 57.8 Å². The van der Waals surface area contributed by atoms with Gasteiger partial charge < -0.3 is 20.1 Å². The maximum absolute atomic E-state index is 12.9. The smallest absolute Gasteiger partial charge is 0.237 e. The first-order valence-electron chi connectivity index (χ1n) is 10.6. The van der Waals surface area contributed by atoms with Gasteiger partial charge in [0.05, 0.1) is 25.2 Å². The lowest BCUT2D eigenvalue weighted by Gasteiger charge is -2.39. The molecular formula is C20H35N3O4. The zero-order valence-electron chi connectivity index (χ0n) is 16.6. The van der Waals surface area contributed by atoms with Crippen molar-refractivity contribution in [3.05, 3.63) is 0 Å². The predicted molar refractivity (Wildman–Crippen MR) is 102 cm³/mol. The Hall–Kier alpha value is -1.18. The number of ether oxygens (including phenoxy) is 1. The van der Waals surface area contributed by atoms with Crippen LogP contribution in [0.25, 0.3) is 0 Å². The van der Waals surface area contributed by atoms with Gasteiger partial charge in [0.1, 0.15) is 0 Å². The Kier molecular flexibility index (Phi) is 7.49. The Morgan fingerprint density at radius 2 is 1.81 bits per heavy atom. The largest absolute Gasteiger partial charge is 0.392 e. The summed E-state index contributed by atoms with van der Waals surface area (Å²) in [5.74, 6) is 0.223. The molecule has 0 bridgehead atoms. The Morgan fingerprint density at radius 3 is 2.48 bits per heavy atom. The van der Waals surface area contributed by atoms with Crippen molar-refractivity contribution in [3.8, 4) is 0 Å². The first-order chi connectivity index (χ1) is 13.1. The number of hydrogen-bond acceptors (Lipinski definition) is 5. The highest BCUT2D eigenvalue weighted by atomic mass is 16.5. The molecule has 7 nitrogen and oxygen atoms in total. The zero-order chi connectivity index (χ0) is 19.2. The van der Waals surface area contributed by atoms with Crippen LogP contribution in [-0.4, -0.2) is 84.3 Å². The van der Waals surface area contributed by atoms with Crippen molar-refractivity contribution in [1.29, 1.82) is 0 Å². The summed E-state index contributed by atoms with van der Waals surface area (Å²) in [4.78, 5) is 29.1. The van der Waals surface area contributed by atoms with E-state index < -0.39 is 6.10 Å². The summed E-state index contributed by atoms with van der Waals surface area (Å²) in [5.41, 5.74) is 0. The standard InChI is InChI=1S/C20H35N3O4/c1-27-12-9-19(25)22-10-7-16(8-11-22)23-14-17(24)13-18(23)20(26)21-15-5-3-2-4-6-15/h15-18,24H,2-14H2,1H3,(H,21,26)/t17-,18+/m1/s1. The van der Waals surface area contributed by atoms with Crippen molar-refractivity contribution in [2.24, 2.45) is 0 Å². The quantitative estimate of drug-likeness (QED) is 0.714. The second-order valence-electron chi connectivity index (χ2n) is 8.30. The van der Waals surface area contributed by atoms with Gasteiger partial charge in [-0.1, -0.05) is 19.3 Å². The van der Waals surface area contributed by atoms with E-state index in [1.165, 1.54) is 19.3 Å². The molecule has 2 atom stereocenters. The minimum absolute atomic E-state index is 0.0806. The molecule has 3 aliphatic rings. The summed E-state index contributed by atoms with van der Waals surface area (Å²) in [5, 5.41) is 13.4. The molecule has 0 spiro atoms. The summed E-state index contributed by atoms with van der Waals surface area (Å²) < 4.78 is 4.99. The number of aliphatic hydroxyl groups excluding tert-OH is 1. The molecule has 2 N–H and O–H groups in total. The Labute approximate surface area is 162 Å². The molecule has 0 aromatic heterocycles. The zero-order valence-corrected chi connectivity index (χ0v) is 16.6. The van der Waals surface area contributed by atoms with E-state index in [-0.39, 0.29) is 23.9 Å². The first kappa shape index (κ1) is 20.6. The van der Waals surface area contributed by atoms with Crippen molar-refractivity contribution < 1.29 is 19.4 Å². The van der Waals surface area contributed by atoms with Crippen LogP contribution in [0.5, 0.6) is 0 Å². The average molecular weight is 382 g/mol. The Balaban J connectivity index is 1.52. The number of rotatable bonds is 6. The van der Waals surface area contributed by atoms with Gasteiger partial charge in [0.2, 0.25) is 11.8 Å². The number of likely N-dealkylation sites (tertiary alicyclic amines) is 2. The molecule has 3 fully saturated rings. The number of carbonyl (C=O) groups is 2. The molecule has 7 heteroatoms. The number of hydrogen-bond donors (Lipinski definition) is 2. The predicted octanol–water partition coefficient (Wildman–Crippen LogP) is 0.898. The lowest BCUT2D eigenvalue weighted by atomic mass is 9.95. The summed E-state index contributed by atoms with van der Waals surface area (Å²) >= 11 is 0. The maximum atomic E-state index is 12.9. The van der Waals surface area contributed by atoms with Crippen molar-refractivity contribution in [1.82, 2.24) is 15.1 Å². The van der Waals surface area contributed by atoms with E-state index in [0.29, 0.717) is 32.0 Å². The van der Waals surface area contributed by atoms with Crippen LogP contribution < -0.4 is 5.32 Å². The molecular weight excluding hydrogens is 346 g/mol. The SMILES string of the molecule is COCCC(=O)N1CCC(N2C[C@H](O)C[C@H]2C(=O)NC2CCCCC2)CC1. The van der Waals surface area contributed by atoms with Crippen LogP contribution in [0.4, 0.5) is 0 Å². The monoisotopic (exact) mass is 381 g/mol. The van der Waals surface area contributed by atoms with Gasteiger partial charge in [0.25, 0.3) is 0 Å². The van der Waals surface area contributed by atoms with Crippen LogP contribution in [0.3, 0.4) is 0 Å².